The summed E-state index contributed by atoms with van der Waals surface area (Å²) >= 11 is 7.37. The third-order valence-electron chi connectivity index (χ3n) is 7.23. The summed E-state index contributed by atoms with van der Waals surface area (Å²) in [6.45, 7) is 3.83. The van der Waals surface area contributed by atoms with E-state index in [4.69, 9.17) is 11.6 Å². The smallest absolute Gasteiger partial charge is 0.272 e. The number of sulfonamides is 2. The van der Waals surface area contributed by atoms with E-state index < -0.39 is 26.0 Å². The molecule has 2 aromatic heterocycles. The number of thiophene rings is 1. The van der Waals surface area contributed by atoms with Crippen LogP contribution in [0.4, 0.5) is 17.1 Å². The first kappa shape index (κ1) is 29.2. The van der Waals surface area contributed by atoms with Crippen molar-refractivity contribution >= 4 is 76.2 Å². The van der Waals surface area contributed by atoms with Gasteiger partial charge < -0.3 is 10.3 Å². The van der Waals surface area contributed by atoms with Crippen LogP contribution >= 0.6 is 22.9 Å². The molecule has 0 saturated carbocycles. The molecule has 6 rings (SSSR count). The Labute approximate surface area is 258 Å². The Morgan fingerprint density at radius 3 is 1.91 bits per heavy atom. The number of fused-ring (bicyclic) bond motifs is 2. The molecule has 1 aliphatic heterocycles. The van der Waals surface area contributed by atoms with Crippen LogP contribution in [-0.4, -0.2) is 40.8 Å². The summed E-state index contributed by atoms with van der Waals surface area (Å²) in [6, 6.07) is 21.1. The molecular weight excluding hydrogens is 628 g/mol. The van der Waals surface area contributed by atoms with Crippen molar-refractivity contribution < 1.29 is 21.6 Å². The fourth-order valence-electron chi connectivity index (χ4n) is 5.00. The van der Waals surface area contributed by atoms with Gasteiger partial charge in [-0.15, -0.1) is 11.3 Å². The number of carbonyl (C=O) groups excluding carboxylic acids is 1. The number of nitrogens with one attached hydrogen (secondary N) is 2. The first-order valence-corrected chi connectivity index (χ1v) is 17.4. The van der Waals surface area contributed by atoms with Crippen molar-refractivity contribution in [3.05, 3.63) is 100 Å². The number of aryl methyl sites for hydroxylation is 2. The number of hydrogen-bond acceptors (Lipinski definition) is 6. The van der Waals surface area contributed by atoms with Crippen LogP contribution in [0.15, 0.2) is 88.7 Å². The average Bonchev–Trinajstić information content (AvgIpc) is 3.44. The second-order valence-electron chi connectivity index (χ2n) is 10.3. The van der Waals surface area contributed by atoms with Crippen LogP contribution < -0.4 is 13.9 Å². The molecule has 5 aromatic rings. The molecule has 3 heterocycles. The van der Waals surface area contributed by atoms with Gasteiger partial charge in [-0.1, -0.05) is 47.0 Å². The van der Waals surface area contributed by atoms with Crippen molar-refractivity contribution in [2.75, 3.05) is 27.0 Å². The Kier molecular flexibility index (Phi) is 7.49. The van der Waals surface area contributed by atoms with Gasteiger partial charge in [0, 0.05) is 24.2 Å². The Morgan fingerprint density at radius 1 is 0.791 bits per heavy atom. The number of rotatable bonds is 6. The van der Waals surface area contributed by atoms with Crippen LogP contribution in [0.1, 0.15) is 28.0 Å². The molecule has 1 aliphatic rings. The topological polar surface area (TPSA) is 120 Å². The maximum atomic E-state index is 14.0. The van der Waals surface area contributed by atoms with Crippen LogP contribution in [0.2, 0.25) is 4.34 Å². The summed E-state index contributed by atoms with van der Waals surface area (Å²) in [4.78, 5) is 17.1. The lowest BCUT2D eigenvalue weighted by Gasteiger charge is -2.28. The van der Waals surface area contributed by atoms with Crippen molar-refractivity contribution in [3.8, 4) is 0 Å². The predicted octanol–water partition coefficient (Wildman–Crippen LogP) is 6.55. The van der Waals surface area contributed by atoms with E-state index in [9.17, 15) is 21.6 Å². The Hall–Kier alpha value is -3.84. The van der Waals surface area contributed by atoms with E-state index in [0.29, 0.717) is 15.7 Å². The fourth-order valence-corrected chi connectivity index (χ4v) is 9.15. The first-order valence-electron chi connectivity index (χ1n) is 13.4. The zero-order valence-electron chi connectivity index (χ0n) is 23.2. The molecule has 0 saturated heterocycles. The van der Waals surface area contributed by atoms with E-state index in [1.165, 1.54) is 44.2 Å². The van der Waals surface area contributed by atoms with Crippen LogP contribution in [0.25, 0.3) is 10.2 Å². The van der Waals surface area contributed by atoms with Crippen molar-refractivity contribution in [2.24, 2.45) is 0 Å². The summed E-state index contributed by atoms with van der Waals surface area (Å²) < 4.78 is 58.8. The van der Waals surface area contributed by atoms with Crippen molar-refractivity contribution in [2.45, 2.75) is 30.1 Å². The maximum absolute atomic E-state index is 14.0. The number of H-pyrrole nitrogens is 1. The van der Waals surface area contributed by atoms with Crippen molar-refractivity contribution in [1.29, 1.82) is 0 Å². The number of aromatic amines is 1. The highest BCUT2D eigenvalue weighted by atomic mass is 35.5. The zero-order chi connectivity index (χ0) is 30.5. The lowest BCUT2D eigenvalue weighted by atomic mass is 10.2. The minimum Gasteiger partial charge on any atom is -0.342 e. The van der Waals surface area contributed by atoms with Crippen molar-refractivity contribution in [1.82, 2.24) is 4.98 Å². The quantitative estimate of drug-likeness (QED) is 0.215. The van der Waals surface area contributed by atoms with E-state index in [1.54, 1.807) is 54.6 Å². The third-order valence-corrected chi connectivity index (χ3v) is 12.1. The highest BCUT2D eigenvalue weighted by molar-refractivity contribution is 7.93. The number of nitrogens with zero attached hydrogens (tertiary/aromatic N) is 2. The second-order valence-corrected chi connectivity index (χ2v) is 15.7. The normalized spacial score (nSPS) is 14.0. The Balaban J connectivity index is 1.44. The highest BCUT2D eigenvalue weighted by Gasteiger charge is 2.35. The van der Waals surface area contributed by atoms with E-state index in [2.05, 4.69) is 10.3 Å². The SMILES string of the molecule is Cc1ccc(S(=O)(=O)N2CCCN(S(=O)(=O)c3ccc(C)cc3)c3cc(NC(=O)c4cc5cc(Cl)sc5[nH]4)ccc32)cc1. The number of hydrogen-bond donors (Lipinski definition) is 2. The molecule has 0 unspecified atom stereocenters. The van der Waals surface area contributed by atoms with E-state index in [-0.39, 0.29) is 40.7 Å². The summed E-state index contributed by atoms with van der Waals surface area (Å²) in [7, 11) is -8.12. The highest BCUT2D eigenvalue weighted by Crippen LogP contribution is 2.40. The molecule has 0 spiro atoms. The number of amides is 1. The van der Waals surface area contributed by atoms with Crippen LogP contribution in [0, 0.1) is 13.8 Å². The molecule has 0 bridgehead atoms. The van der Waals surface area contributed by atoms with E-state index in [1.807, 2.05) is 13.8 Å². The first-order chi connectivity index (χ1) is 20.4. The minimum absolute atomic E-state index is 0.0359. The van der Waals surface area contributed by atoms with Crippen LogP contribution in [-0.2, 0) is 20.0 Å². The second kappa shape index (κ2) is 11.0. The molecule has 1 amide bonds. The molecule has 0 atom stereocenters. The predicted molar refractivity (Wildman–Crippen MR) is 172 cm³/mol. The lowest BCUT2D eigenvalue weighted by molar-refractivity contribution is 0.102. The van der Waals surface area contributed by atoms with Crippen LogP contribution in [0.3, 0.4) is 0 Å². The molecule has 222 valence electrons. The summed E-state index contributed by atoms with van der Waals surface area (Å²) in [6.07, 6.45) is 0.244. The van der Waals surface area contributed by atoms with Gasteiger partial charge in [0.15, 0.2) is 0 Å². The Morgan fingerprint density at radius 2 is 1.35 bits per heavy atom. The molecule has 2 N–H and O–H groups in total. The van der Waals surface area contributed by atoms with Gasteiger partial charge in [0.05, 0.1) is 25.5 Å². The third kappa shape index (κ3) is 5.51. The molecule has 13 heteroatoms. The maximum Gasteiger partial charge on any atom is 0.272 e. The molecule has 0 radical (unpaired) electrons. The monoisotopic (exact) mass is 654 g/mol. The molecule has 0 aliphatic carbocycles. The van der Waals surface area contributed by atoms with Crippen molar-refractivity contribution in [3.63, 3.8) is 0 Å². The number of aromatic nitrogens is 1. The molecule has 3 aromatic carbocycles. The van der Waals surface area contributed by atoms with Gasteiger partial charge in [0.25, 0.3) is 26.0 Å². The van der Waals surface area contributed by atoms with Gasteiger partial charge in [-0.25, -0.2) is 16.8 Å². The van der Waals surface area contributed by atoms with Gasteiger partial charge in [-0.05, 0) is 74.9 Å². The van der Waals surface area contributed by atoms with Crippen LogP contribution in [0.5, 0.6) is 0 Å². The average molecular weight is 655 g/mol. The van der Waals surface area contributed by atoms with Gasteiger partial charge in [0.2, 0.25) is 0 Å². The summed E-state index contributed by atoms with van der Waals surface area (Å²) in [5.74, 6) is -0.440. The van der Waals surface area contributed by atoms with Gasteiger partial charge in [-0.2, -0.15) is 0 Å². The lowest BCUT2D eigenvalue weighted by Crippen LogP contribution is -2.32. The summed E-state index contributed by atoms with van der Waals surface area (Å²) in [5.41, 5.74) is 2.77. The number of anilines is 3. The Bertz CT molecular complexity index is 2040. The van der Waals surface area contributed by atoms with Gasteiger partial charge >= 0.3 is 0 Å². The number of carbonyl (C=O) groups is 1. The van der Waals surface area contributed by atoms with E-state index >= 15 is 0 Å². The number of halogens is 1. The minimum atomic E-state index is -4.08. The van der Waals surface area contributed by atoms with Gasteiger partial charge in [-0.3, -0.25) is 13.4 Å². The molecule has 9 nitrogen and oxygen atoms in total. The standard InChI is InChI=1S/C30H27ClN4O5S3/c1-19-4-9-23(10-5-19)42(37,38)34-14-3-15-35(43(39,40)24-11-6-20(2)7-12-24)27-18-22(8-13-26(27)34)32-29(36)25-16-21-17-28(31)41-30(21)33-25/h4-13,16-18,33H,3,14-15H2,1-2H3,(H,32,36). The fraction of sp³-hybridized carbons (Fsp3) is 0.167. The molecule has 43 heavy (non-hydrogen) atoms. The number of benzene rings is 3. The van der Waals surface area contributed by atoms with E-state index in [0.717, 1.165) is 21.3 Å². The van der Waals surface area contributed by atoms with Gasteiger partial charge in [0.1, 0.15) is 10.5 Å². The molecule has 0 fully saturated rings. The molecular formula is C30H27ClN4O5S3. The zero-order valence-corrected chi connectivity index (χ0v) is 26.4. The summed E-state index contributed by atoms with van der Waals surface area (Å²) in [5, 5.41) is 3.62. The largest absolute Gasteiger partial charge is 0.342 e.